The molecule has 0 radical (unpaired) electrons. The molecule has 1 saturated heterocycles. The quantitative estimate of drug-likeness (QED) is 0.821. The van der Waals surface area contributed by atoms with E-state index in [-0.39, 0.29) is 17.5 Å². The standard InChI is InChI=1S/C18H20F3N5O/c1-12-9-16(24-11-23-12)25(2)14-5-7-26(8-6-14)17(27)13-3-4-15(22-10-13)18(19,20)21/h3-4,9-11,14H,5-8H2,1-2H3. The van der Waals surface area contributed by atoms with Crippen molar-refractivity contribution in [1.29, 1.82) is 0 Å². The summed E-state index contributed by atoms with van der Waals surface area (Å²) >= 11 is 0. The third-order valence-corrected chi connectivity index (χ3v) is 4.75. The van der Waals surface area contributed by atoms with Gasteiger partial charge in [0.15, 0.2) is 0 Å². The molecule has 2 aromatic rings. The number of rotatable bonds is 3. The SMILES string of the molecule is Cc1cc(N(C)C2CCN(C(=O)c3ccc(C(F)(F)F)nc3)CC2)ncn1. The first kappa shape index (κ1) is 19.1. The molecule has 1 aliphatic heterocycles. The fourth-order valence-corrected chi connectivity index (χ4v) is 3.15. The number of carbonyl (C=O) groups is 1. The number of likely N-dealkylation sites (tertiary alicyclic amines) is 1. The van der Waals surface area contributed by atoms with Crippen molar-refractivity contribution < 1.29 is 18.0 Å². The lowest BCUT2D eigenvalue weighted by Gasteiger charge is -2.37. The molecule has 1 aliphatic rings. The average Bonchev–Trinajstić information content (AvgIpc) is 2.66. The van der Waals surface area contributed by atoms with Crippen LogP contribution < -0.4 is 4.90 Å². The van der Waals surface area contributed by atoms with Gasteiger partial charge in [0.05, 0.1) is 5.56 Å². The van der Waals surface area contributed by atoms with Gasteiger partial charge in [0, 0.05) is 44.1 Å². The minimum Gasteiger partial charge on any atom is -0.356 e. The third kappa shape index (κ3) is 4.35. The maximum Gasteiger partial charge on any atom is 0.433 e. The first-order valence-corrected chi connectivity index (χ1v) is 8.59. The number of amides is 1. The van der Waals surface area contributed by atoms with Gasteiger partial charge in [-0.2, -0.15) is 13.2 Å². The summed E-state index contributed by atoms with van der Waals surface area (Å²) in [7, 11) is 1.96. The van der Waals surface area contributed by atoms with Gasteiger partial charge in [0.2, 0.25) is 0 Å². The Morgan fingerprint density at radius 1 is 1.19 bits per heavy atom. The van der Waals surface area contributed by atoms with Gasteiger partial charge in [-0.15, -0.1) is 0 Å². The molecule has 0 spiro atoms. The van der Waals surface area contributed by atoms with E-state index in [0.29, 0.717) is 13.1 Å². The Labute approximate surface area is 155 Å². The van der Waals surface area contributed by atoms with Crippen LogP contribution in [0.3, 0.4) is 0 Å². The largest absolute Gasteiger partial charge is 0.433 e. The molecule has 0 bridgehead atoms. The Hall–Kier alpha value is -2.71. The molecule has 2 aromatic heterocycles. The monoisotopic (exact) mass is 379 g/mol. The normalized spacial score (nSPS) is 15.7. The molecule has 1 amide bonds. The van der Waals surface area contributed by atoms with E-state index in [1.54, 1.807) is 4.90 Å². The van der Waals surface area contributed by atoms with Gasteiger partial charge in [-0.05, 0) is 31.9 Å². The lowest BCUT2D eigenvalue weighted by molar-refractivity contribution is -0.141. The van der Waals surface area contributed by atoms with Gasteiger partial charge in [-0.25, -0.2) is 9.97 Å². The Morgan fingerprint density at radius 3 is 2.44 bits per heavy atom. The smallest absolute Gasteiger partial charge is 0.356 e. The second-order valence-corrected chi connectivity index (χ2v) is 6.58. The van der Waals surface area contributed by atoms with E-state index in [2.05, 4.69) is 19.9 Å². The van der Waals surface area contributed by atoms with E-state index in [0.717, 1.165) is 36.6 Å². The molecule has 3 rings (SSSR count). The number of anilines is 1. The van der Waals surface area contributed by atoms with Crippen LogP contribution in [0, 0.1) is 6.92 Å². The molecular weight excluding hydrogens is 359 g/mol. The summed E-state index contributed by atoms with van der Waals surface area (Å²) in [5.41, 5.74) is 0.0509. The van der Waals surface area contributed by atoms with Crippen LogP contribution in [0.1, 0.15) is 34.6 Å². The van der Waals surface area contributed by atoms with E-state index < -0.39 is 11.9 Å². The Balaban J connectivity index is 1.61. The van der Waals surface area contributed by atoms with Gasteiger partial charge in [0.1, 0.15) is 17.8 Å². The number of carbonyl (C=O) groups excluding carboxylic acids is 1. The van der Waals surface area contributed by atoms with E-state index >= 15 is 0 Å². The Kier molecular flexibility index (Phi) is 5.29. The number of pyridine rings is 1. The van der Waals surface area contributed by atoms with E-state index in [1.807, 2.05) is 20.0 Å². The van der Waals surface area contributed by atoms with Crippen molar-refractivity contribution in [2.24, 2.45) is 0 Å². The van der Waals surface area contributed by atoms with Crippen molar-refractivity contribution in [3.05, 3.63) is 47.7 Å². The molecule has 3 heterocycles. The van der Waals surface area contributed by atoms with E-state index in [1.165, 1.54) is 12.4 Å². The van der Waals surface area contributed by atoms with Gasteiger partial charge < -0.3 is 9.80 Å². The zero-order valence-electron chi connectivity index (χ0n) is 15.1. The van der Waals surface area contributed by atoms with Crippen LogP contribution in [0.2, 0.25) is 0 Å². The zero-order chi connectivity index (χ0) is 19.6. The Morgan fingerprint density at radius 2 is 1.89 bits per heavy atom. The van der Waals surface area contributed by atoms with E-state index in [4.69, 9.17) is 0 Å². The summed E-state index contributed by atoms with van der Waals surface area (Å²) < 4.78 is 37.8. The van der Waals surface area contributed by atoms with Crippen LogP contribution in [0.5, 0.6) is 0 Å². The highest BCUT2D eigenvalue weighted by Crippen LogP contribution is 2.27. The number of piperidine rings is 1. The van der Waals surface area contributed by atoms with Gasteiger partial charge in [-0.3, -0.25) is 9.78 Å². The minimum atomic E-state index is -4.51. The number of aromatic nitrogens is 3. The van der Waals surface area contributed by atoms with Crippen LogP contribution in [0.15, 0.2) is 30.7 Å². The van der Waals surface area contributed by atoms with E-state index in [9.17, 15) is 18.0 Å². The van der Waals surface area contributed by atoms with Crippen LogP contribution >= 0.6 is 0 Å². The summed E-state index contributed by atoms with van der Waals surface area (Å²) in [5.74, 6) is 0.537. The van der Waals surface area contributed by atoms with Crippen LogP contribution in [-0.2, 0) is 6.18 Å². The fourth-order valence-electron chi connectivity index (χ4n) is 3.15. The summed E-state index contributed by atoms with van der Waals surface area (Å²) in [6.45, 7) is 2.95. The Bertz CT molecular complexity index is 801. The number of hydrogen-bond donors (Lipinski definition) is 0. The molecule has 0 aliphatic carbocycles. The van der Waals surface area contributed by atoms with Gasteiger partial charge in [-0.1, -0.05) is 0 Å². The fraction of sp³-hybridized carbons (Fsp3) is 0.444. The van der Waals surface area contributed by atoms with Crippen molar-refractivity contribution >= 4 is 11.7 Å². The number of aryl methyl sites for hydroxylation is 1. The van der Waals surface area contributed by atoms with Gasteiger partial charge in [0.25, 0.3) is 5.91 Å². The highest BCUT2D eigenvalue weighted by molar-refractivity contribution is 5.94. The number of halogens is 3. The molecule has 1 fully saturated rings. The molecule has 0 aromatic carbocycles. The second kappa shape index (κ2) is 7.50. The predicted octanol–water partition coefficient (Wildman–Crippen LogP) is 2.94. The summed E-state index contributed by atoms with van der Waals surface area (Å²) in [6, 6.07) is 4.16. The molecule has 0 saturated carbocycles. The number of nitrogens with zero attached hydrogens (tertiary/aromatic N) is 5. The van der Waals surface area contributed by atoms with Crippen LogP contribution in [0.4, 0.5) is 19.0 Å². The van der Waals surface area contributed by atoms with Crippen molar-refractivity contribution in [3.8, 4) is 0 Å². The van der Waals surface area contributed by atoms with Crippen molar-refractivity contribution in [3.63, 3.8) is 0 Å². The van der Waals surface area contributed by atoms with Crippen LogP contribution in [-0.4, -0.2) is 51.9 Å². The first-order chi connectivity index (χ1) is 12.8. The molecule has 27 heavy (non-hydrogen) atoms. The summed E-state index contributed by atoms with van der Waals surface area (Å²) in [6.07, 6.45) is -0.493. The maximum absolute atomic E-state index is 12.6. The lowest BCUT2D eigenvalue weighted by Crippen LogP contribution is -2.46. The highest BCUT2D eigenvalue weighted by Gasteiger charge is 2.33. The lowest BCUT2D eigenvalue weighted by atomic mass is 10.0. The summed E-state index contributed by atoms with van der Waals surface area (Å²) in [4.78, 5) is 28.0. The zero-order valence-corrected chi connectivity index (χ0v) is 15.1. The van der Waals surface area contributed by atoms with Crippen molar-refractivity contribution in [1.82, 2.24) is 19.9 Å². The third-order valence-electron chi connectivity index (χ3n) is 4.75. The van der Waals surface area contributed by atoms with Crippen LogP contribution in [0.25, 0.3) is 0 Å². The molecule has 6 nitrogen and oxygen atoms in total. The van der Waals surface area contributed by atoms with Crippen molar-refractivity contribution in [2.45, 2.75) is 32.0 Å². The molecule has 0 N–H and O–H groups in total. The van der Waals surface area contributed by atoms with Crippen molar-refractivity contribution in [2.75, 3.05) is 25.0 Å². The maximum atomic E-state index is 12.6. The number of alkyl halides is 3. The van der Waals surface area contributed by atoms with Gasteiger partial charge >= 0.3 is 6.18 Å². The molecule has 9 heteroatoms. The summed E-state index contributed by atoms with van der Waals surface area (Å²) in [5, 5.41) is 0. The minimum absolute atomic E-state index is 0.168. The highest BCUT2D eigenvalue weighted by atomic mass is 19.4. The first-order valence-electron chi connectivity index (χ1n) is 8.59. The topological polar surface area (TPSA) is 62.2 Å². The molecule has 0 atom stereocenters. The molecule has 0 unspecified atom stereocenters. The molecule has 144 valence electrons. The average molecular weight is 379 g/mol. The number of hydrogen-bond acceptors (Lipinski definition) is 5. The second-order valence-electron chi connectivity index (χ2n) is 6.58. The predicted molar refractivity (Wildman–Crippen MR) is 93.3 cm³/mol. The molecular formula is C18H20F3N5O.